The normalized spacial score (nSPS) is 21.1. The van der Waals surface area contributed by atoms with Crippen LogP contribution in [0.2, 0.25) is 0 Å². The van der Waals surface area contributed by atoms with E-state index in [1.807, 2.05) is 0 Å². The Morgan fingerprint density at radius 3 is 2.36 bits per heavy atom. The second-order valence-electron chi connectivity index (χ2n) is 7.17. The molecule has 2 aliphatic heterocycles. The average molecular weight is 336 g/mol. The van der Waals surface area contributed by atoms with E-state index in [9.17, 15) is 0 Å². The van der Waals surface area contributed by atoms with Gasteiger partial charge in [0.1, 0.15) is 0 Å². The van der Waals surface area contributed by atoms with Crippen LogP contribution in [0.15, 0.2) is 54.6 Å². The molecule has 4 rings (SSSR count). The summed E-state index contributed by atoms with van der Waals surface area (Å²) in [5, 5.41) is 3.49. The van der Waals surface area contributed by atoms with Crippen LogP contribution in [0.25, 0.3) is 11.1 Å². The van der Waals surface area contributed by atoms with Crippen molar-refractivity contribution in [1.82, 2.24) is 10.2 Å². The summed E-state index contributed by atoms with van der Waals surface area (Å²) in [5.41, 5.74) is 4.09. The standard InChI is InChI=1S/C22H28N2O/c1-2-5-18(6-3-1)20-7-4-8-21(17-20)22(19-9-15-25-16-10-19)24-13-11-23-12-14-24/h1-8,17,19,22-23H,9-16H2/t22-/m0/s1. The Hall–Kier alpha value is -1.68. The van der Waals surface area contributed by atoms with Crippen LogP contribution in [0.3, 0.4) is 0 Å². The van der Waals surface area contributed by atoms with Crippen molar-refractivity contribution in [2.24, 2.45) is 5.92 Å². The predicted molar refractivity (Wildman–Crippen MR) is 103 cm³/mol. The fourth-order valence-electron chi connectivity index (χ4n) is 4.31. The fraction of sp³-hybridized carbons (Fsp3) is 0.455. The smallest absolute Gasteiger partial charge is 0.0469 e. The highest BCUT2D eigenvalue weighted by Crippen LogP contribution is 2.36. The lowest BCUT2D eigenvalue weighted by molar-refractivity contribution is 0.0213. The van der Waals surface area contributed by atoms with Crippen molar-refractivity contribution < 1.29 is 4.74 Å². The third-order valence-corrected chi connectivity index (χ3v) is 5.59. The number of nitrogens with one attached hydrogen (secondary N) is 1. The summed E-state index contributed by atoms with van der Waals surface area (Å²) in [7, 11) is 0. The lowest BCUT2D eigenvalue weighted by Crippen LogP contribution is -2.47. The first-order valence-corrected chi connectivity index (χ1v) is 9.60. The summed E-state index contributed by atoms with van der Waals surface area (Å²) in [6.45, 7) is 6.28. The van der Waals surface area contributed by atoms with E-state index in [4.69, 9.17) is 4.74 Å². The molecule has 2 saturated heterocycles. The molecule has 0 bridgehead atoms. The molecule has 2 aliphatic rings. The highest BCUT2D eigenvalue weighted by atomic mass is 16.5. The van der Waals surface area contributed by atoms with Crippen LogP contribution in [-0.2, 0) is 4.74 Å². The van der Waals surface area contributed by atoms with E-state index in [1.165, 1.54) is 29.5 Å². The van der Waals surface area contributed by atoms with Crippen LogP contribution in [0.5, 0.6) is 0 Å². The predicted octanol–water partition coefficient (Wildman–Crippen LogP) is 3.73. The minimum Gasteiger partial charge on any atom is -0.381 e. The van der Waals surface area contributed by atoms with Crippen LogP contribution in [0.1, 0.15) is 24.4 Å². The number of hydrogen-bond acceptors (Lipinski definition) is 3. The van der Waals surface area contributed by atoms with Gasteiger partial charge in [0.2, 0.25) is 0 Å². The molecule has 2 fully saturated rings. The summed E-state index contributed by atoms with van der Waals surface area (Å²) >= 11 is 0. The molecule has 0 radical (unpaired) electrons. The summed E-state index contributed by atoms with van der Waals surface area (Å²) in [5.74, 6) is 0.692. The van der Waals surface area contributed by atoms with E-state index >= 15 is 0 Å². The molecule has 0 amide bonds. The Bertz CT molecular complexity index is 643. The average Bonchev–Trinajstić information content (AvgIpc) is 2.71. The topological polar surface area (TPSA) is 24.5 Å². The minimum absolute atomic E-state index is 0.509. The Morgan fingerprint density at radius 2 is 1.60 bits per heavy atom. The van der Waals surface area contributed by atoms with Gasteiger partial charge in [-0.3, -0.25) is 4.90 Å². The first kappa shape index (κ1) is 16.8. The van der Waals surface area contributed by atoms with E-state index in [0.717, 1.165) is 39.4 Å². The molecule has 0 aliphatic carbocycles. The van der Waals surface area contributed by atoms with Gasteiger partial charge in [-0.1, -0.05) is 48.5 Å². The summed E-state index contributed by atoms with van der Waals surface area (Å²) in [6, 6.07) is 20.4. The highest BCUT2D eigenvalue weighted by Gasteiger charge is 2.31. The summed E-state index contributed by atoms with van der Waals surface area (Å²) < 4.78 is 5.64. The molecule has 2 aromatic rings. The van der Waals surface area contributed by atoms with Gasteiger partial charge in [-0.05, 0) is 41.5 Å². The molecule has 3 heteroatoms. The van der Waals surface area contributed by atoms with Gasteiger partial charge < -0.3 is 10.1 Å². The first-order chi connectivity index (χ1) is 12.4. The zero-order valence-electron chi connectivity index (χ0n) is 14.9. The van der Waals surface area contributed by atoms with Gasteiger partial charge in [0, 0.05) is 45.4 Å². The lowest BCUT2D eigenvalue weighted by atomic mass is 9.84. The minimum atomic E-state index is 0.509. The molecule has 2 heterocycles. The Balaban J connectivity index is 1.66. The van der Waals surface area contributed by atoms with Crippen molar-refractivity contribution in [2.75, 3.05) is 39.4 Å². The second kappa shape index (κ2) is 8.13. The molecule has 0 unspecified atom stereocenters. The van der Waals surface area contributed by atoms with E-state index in [1.54, 1.807) is 0 Å². The Labute approximate surface area is 151 Å². The zero-order chi connectivity index (χ0) is 16.9. The van der Waals surface area contributed by atoms with Gasteiger partial charge in [0.15, 0.2) is 0 Å². The van der Waals surface area contributed by atoms with Gasteiger partial charge in [-0.2, -0.15) is 0 Å². The molecule has 1 N–H and O–H groups in total. The van der Waals surface area contributed by atoms with Crippen molar-refractivity contribution >= 4 is 0 Å². The molecule has 1 atom stereocenters. The third-order valence-electron chi connectivity index (χ3n) is 5.59. The quantitative estimate of drug-likeness (QED) is 0.921. The molecule has 0 spiro atoms. The first-order valence-electron chi connectivity index (χ1n) is 9.60. The molecule has 0 aromatic heterocycles. The molecule has 0 saturated carbocycles. The largest absolute Gasteiger partial charge is 0.381 e. The monoisotopic (exact) mass is 336 g/mol. The van der Waals surface area contributed by atoms with Gasteiger partial charge >= 0.3 is 0 Å². The Kier molecular flexibility index (Phi) is 5.46. The van der Waals surface area contributed by atoms with Crippen LogP contribution < -0.4 is 5.32 Å². The SMILES string of the molecule is c1ccc(-c2cccc([C@H](C3CCOCC3)N3CCNCC3)c2)cc1. The maximum atomic E-state index is 5.64. The molecule has 25 heavy (non-hydrogen) atoms. The van der Waals surface area contributed by atoms with Gasteiger partial charge in [-0.15, -0.1) is 0 Å². The fourth-order valence-corrected chi connectivity index (χ4v) is 4.31. The Morgan fingerprint density at radius 1 is 0.880 bits per heavy atom. The second-order valence-corrected chi connectivity index (χ2v) is 7.17. The zero-order valence-corrected chi connectivity index (χ0v) is 14.9. The molecule has 132 valence electrons. The maximum absolute atomic E-state index is 5.64. The van der Waals surface area contributed by atoms with Crippen molar-refractivity contribution in [3.05, 3.63) is 60.2 Å². The number of piperazine rings is 1. The number of ether oxygens (including phenoxy) is 1. The van der Waals surface area contributed by atoms with Crippen molar-refractivity contribution in [3.8, 4) is 11.1 Å². The van der Waals surface area contributed by atoms with Crippen LogP contribution in [-0.4, -0.2) is 44.3 Å². The van der Waals surface area contributed by atoms with E-state index in [0.29, 0.717) is 12.0 Å². The van der Waals surface area contributed by atoms with Crippen LogP contribution >= 0.6 is 0 Å². The number of nitrogens with zero attached hydrogens (tertiary/aromatic N) is 1. The lowest BCUT2D eigenvalue weighted by Gasteiger charge is -2.41. The highest BCUT2D eigenvalue weighted by molar-refractivity contribution is 5.64. The van der Waals surface area contributed by atoms with E-state index in [-0.39, 0.29) is 0 Å². The maximum Gasteiger partial charge on any atom is 0.0469 e. The number of benzene rings is 2. The number of hydrogen-bond donors (Lipinski definition) is 1. The molecule has 2 aromatic carbocycles. The molecular weight excluding hydrogens is 308 g/mol. The third kappa shape index (κ3) is 3.95. The van der Waals surface area contributed by atoms with Gasteiger partial charge in [0.05, 0.1) is 0 Å². The molecular formula is C22H28N2O. The molecule has 3 nitrogen and oxygen atoms in total. The van der Waals surface area contributed by atoms with Gasteiger partial charge in [0.25, 0.3) is 0 Å². The van der Waals surface area contributed by atoms with Crippen LogP contribution in [0, 0.1) is 5.92 Å². The van der Waals surface area contributed by atoms with Crippen molar-refractivity contribution in [2.45, 2.75) is 18.9 Å². The van der Waals surface area contributed by atoms with Gasteiger partial charge in [-0.25, -0.2) is 0 Å². The number of rotatable bonds is 4. The van der Waals surface area contributed by atoms with E-state index < -0.39 is 0 Å². The van der Waals surface area contributed by atoms with Crippen molar-refractivity contribution in [1.29, 1.82) is 0 Å². The van der Waals surface area contributed by atoms with Crippen molar-refractivity contribution in [3.63, 3.8) is 0 Å². The summed E-state index contributed by atoms with van der Waals surface area (Å²) in [6.07, 6.45) is 2.34. The van der Waals surface area contributed by atoms with Crippen LogP contribution in [0.4, 0.5) is 0 Å². The van der Waals surface area contributed by atoms with E-state index in [2.05, 4.69) is 64.8 Å². The summed E-state index contributed by atoms with van der Waals surface area (Å²) in [4.78, 5) is 2.69.